The number of aryl methyl sites for hydroxylation is 2. The molecular weight excluding hydrogens is 333 g/mol. The van der Waals surface area contributed by atoms with E-state index in [1.165, 1.54) is 10.7 Å². The minimum Gasteiger partial charge on any atom is -0.351 e. The van der Waals surface area contributed by atoms with Crippen LogP contribution in [0.4, 0.5) is 4.39 Å². The second-order valence-corrected chi connectivity index (χ2v) is 6.93. The van der Waals surface area contributed by atoms with Gasteiger partial charge < -0.3 is 5.32 Å². The monoisotopic (exact) mass is 357 g/mol. The molecule has 0 saturated carbocycles. The molecule has 138 valence electrons. The van der Waals surface area contributed by atoms with Crippen LogP contribution in [-0.2, 0) is 30.6 Å². The number of halogens is 1. The topological polar surface area (TPSA) is 64.0 Å². The molecule has 1 N–H and O–H groups in total. The van der Waals surface area contributed by atoms with Crippen LogP contribution in [0.5, 0.6) is 0 Å². The van der Waals surface area contributed by atoms with Crippen molar-refractivity contribution in [2.75, 3.05) is 0 Å². The number of nitrogens with one attached hydrogen (secondary N) is 1. The third kappa shape index (κ3) is 4.56. The van der Waals surface area contributed by atoms with Crippen LogP contribution in [0.1, 0.15) is 43.0 Å². The number of carbonyl (C=O) groups is 1. The number of hydrogen-bond acceptors (Lipinski definition) is 3. The van der Waals surface area contributed by atoms with Crippen LogP contribution in [-0.4, -0.2) is 21.7 Å². The second kappa shape index (κ2) is 8.25. The third-order valence-corrected chi connectivity index (χ3v) is 4.69. The van der Waals surface area contributed by atoms with Crippen molar-refractivity contribution in [2.45, 2.75) is 58.0 Å². The van der Waals surface area contributed by atoms with Gasteiger partial charge in [-0.15, -0.1) is 0 Å². The molecule has 1 atom stereocenters. The number of amides is 1. The first kappa shape index (κ1) is 18.3. The van der Waals surface area contributed by atoms with Crippen molar-refractivity contribution in [2.24, 2.45) is 0 Å². The first-order valence-corrected chi connectivity index (χ1v) is 9.15. The van der Waals surface area contributed by atoms with Gasteiger partial charge in [-0.05, 0) is 49.8 Å². The van der Waals surface area contributed by atoms with Gasteiger partial charge in [0, 0.05) is 12.1 Å². The van der Waals surface area contributed by atoms with Gasteiger partial charge in [0.1, 0.15) is 5.82 Å². The predicted octanol–water partition coefficient (Wildman–Crippen LogP) is 2.40. The summed E-state index contributed by atoms with van der Waals surface area (Å²) in [7, 11) is 0. The molecule has 0 fully saturated rings. The van der Waals surface area contributed by atoms with Crippen LogP contribution in [0.25, 0.3) is 0 Å². The van der Waals surface area contributed by atoms with Crippen LogP contribution >= 0.6 is 0 Å². The van der Waals surface area contributed by atoms with Crippen LogP contribution in [0.2, 0.25) is 0 Å². The molecule has 6 heteroatoms. The normalized spacial score (nSPS) is 15.0. The summed E-state index contributed by atoms with van der Waals surface area (Å²) in [6.45, 7) is 2.12. The molecule has 2 aromatic rings. The highest BCUT2D eigenvalue weighted by atomic mass is 19.1. The molecule has 1 heterocycles. The maximum Gasteiger partial charge on any atom is 0.267 e. The molecule has 0 bridgehead atoms. The SMILES string of the molecule is C[C@@H](Cn1nc2c(cc1=O)CCCCC2)NC(=O)Cc1ccccc1F. The Hall–Kier alpha value is -2.50. The van der Waals surface area contributed by atoms with Crippen molar-refractivity contribution in [3.05, 3.63) is 63.3 Å². The van der Waals surface area contributed by atoms with Crippen LogP contribution in [0, 0.1) is 5.82 Å². The Balaban J connectivity index is 1.63. The highest BCUT2D eigenvalue weighted by Gasteiger charge is 2.15. The van der Waals surface area contributed by atoms with E-state index in [1.807, 2.05) is 6.92 Å². The van der Waals surface area contributed by atoms with Gasteiger partial charge in [0.05, 0.1) is 18.7 Å². The average Bonchev–Trinajstić information content (AvgIpc) is 2.82. The number of nitrogens with zero attached hydrogens (tertiary/aromatic N) is 2. The molecule has 5 nitrogen and oxygen atoms in total. The van der Waals surface area contributed by atoms with Gasteiger partial charge in [-0.25, -0.2) is 9.07 Å². The summed E-state index contributed by atoms with van der Waals surface area (Å²) in [5, 5.41) is 7.33. The second-order valence-electron chi connectivity index (χ2n) is 6.93. The van der Waals surface area contributed by atoms with Crippen molar-refractivity contribution in [3.8, 4) is 0 Å². The fourth-order valence-electron chi connectivity index (χ4n) is 3.35. The van der Waals surface area contributed by atoms with Gasteiger partial charge in [0.25, 0.3) is 5.56 Å². The minimum absolute atomic E-state index is 0.0243. The van der Waals surface area contributed by atoms with Crippen LogP contribution < -0.4 is 10.9 Å². The number of aromatic nitrogens is 2. The molecule has 3 rings (SSSR count). The van der Waals surface area contributed by atoms with Crippen LogP contribution in [0.15, 0.2) is 35.1 Å². The molecule has 0 spiro atoms. The Morgan fingerprint density at radius 3 is 2.85 bits per heavy atom. The fraction of sp³-hybridized carbons (Fsp3) is 0.450. The van der Waals surface area contributed by atoms with E-state index in [4.69, 9.17) is 0 Å². The average molecular weight is 357 g/mol. The molecule has 26 heavy (non-hydrogen) atoms. The van der Waals surface area contributed by atoms with Crippen molar-refractivity contribution < 1.29 is 9.18 Å². The van der Waals surface area contributed by atoms with Gasteiger partial charge in [-0.3, -0.25) is 9.59 Å². The molecule has 1 aliphatic rings. The van der Waals surface area contributed by atoms with E-state index < -0.39 is 0 Å². The fourth-order valence-corrected chi connectivity index (χ4v) is 3.35. The van der Waals surface area contributed by atoms with Gasteiger partial charge >= 0.3 is 0 Å². The molecule has 1 aromatic carbocycles. The first-order chi connectivity index (χ1) is 12.5. The molecule has 1 amide bonds. The Bertz CT molecular complexity index is 847. The largest absolute Gasteiger partial charge is 0.351 e. The van der Waals surface area contributed by atoms with Gasteiger partial charge in [0.15, 0.2) is 0 Å². The number of rotatable bonds is 5. The Labute approximate surface area is 152 Å². The number of benzene rings is 1. The van der Waals surface area contributed by atoms with Gasteiger partial charge in [-0.2, -0.15) is 5.10 Å². The summed E-state index contributed by atoms with van der Waals surface area (Å²) >= 11 is 0. The van der Waals surface area contributed by atoms with E-state index >= 15 is 0 Å². The smallest absolute Gasteiger partial charge is 0.267 e. The zero-order valence-corrected chi connectivity index (χ0v) is 15.0. The maximum atomic E-state index is 13.6. The predicted molar refractivity (Wildman–Crippen MR) is 97.5 cm³/mol. The first-order valence-electron chi connectivity index (χ1n) is 9.15. The lowest BCUT2D eigenvalue weighted by atomic mass is 10.1. The molecule has 0 saturated heterocycles. The third-order valence-electron chi connectivity index (χ3n) is 4.69. The lowest BCUT2D eigenvalue weighted by Crippen LogP contribution is -2.40. The summed E-state index contributed by atoms with van der Waals surface area (Å²) in [5.74, 6) is -0.663. The number of fused-ring (bicyclic) bond motifs is 1. The van der Waals surface area contributed by atoms with Crippen LogP contribution in [0.3, 0.4) is 0 Å². The molecule has 0 aliphatic heterocycles. The molecule has 1 aliphatic carbocycles. The Morgan fingerprint density at radius 1 is 1.27 bits per heavy atom. The minimum atomic E-state index is -0.390. The Kier molecular flexibility index (Phi) is 5.81. The lowest BCUT2D eigenvalue weighted by Gasteiger charge is -2.16. The summed E-state index contributed by atoms with van der Waals surface area (Å²) in [5.41, 5.74) is 2.27. The summed E-state index contributed by atoms with van der Waals surface area (Å²) in [6.07, 6.45) is 5.13. The number of hydrogen-bond donors (Lipinski definition) is 1. The zero-order valence-electron chi connectivity index (χ0n) is 15.0. The summed E-state index contributed by atoms with van der Waals surface area (Å²) in [4.78, 5) is 24.4. The Morgan fingerprint density at radius 2 is 2.04 bits per heavy atom. The zero-order chi connectivity index (χ0) is 18.5. The van der Waals surface area contributed by atoms with E-state index in [9.17, 15) is 14.0 Å². The quantitative estimate of drug-likeness (QED) is 0.836. The summed E-state index contributed by atoms with van der Waals surface area (Å²) in [6, 6.07) is 7.64. The molecular formula is C20H24FN3O2. The maximum absolute atomic E-state index is 13.6. The van der Waals surface area contributed by atoms with Crippen molar-refractivity contribution in [1.29, 1.82) is 0 Å². The van der Waals surface area contributed by atoms with E-state index in [2.05, 4.69) is 10.4 Å². The van der Waals surface area contributed by atoms with Crippen molar-refractivity contribution in [1.82, 2.24) is 15.1 Å². The molecule has 0 unspecified atom stereocenters. The molecule has 0 radical (unpaired) electrons. The standard InChI is InChI=1S/C20H24FN3O2/c1-14(22-19(25)11-15-7-5-6-9-17(15)21)13-24-20(26)12-16-8-3-2-4-10-18(16)23-24/h5-7,9,12,14H,2-4,8,10-11,13H2,1H3,(H,22,25)/t14-/m0/s1. The van der Waals surface area contributed by atoms with Gasteiger partial charge in [-0.1, -0.05) is 24.6 Å². The highest BCUT2D eigenvalue weighted by Crippen LogP contribution is 2.16. The summed E-state index contributed by atoms with van der Waals surface area (Å²) < 4.78 is 15.1. The van der Waals surface area contributed by atoms with Gasteiger partial charge in [0.2, 0.25) is 5.91 Å². The van der Waals surface area contributed by atoms with E-state index in [0.717, 1.165) is 43.4 Å². The van der Waals surface area contributed by atoms with E-state index in [1.54, 1.807) is 24.3 Å². The van der Waals surface area contributed by atoms with Crippen molar-refractivity contribution >= 4 is 5.91 Å². The van der Waals surface area contributed by atoms with Crippen molar-refractivity contribution in [3.63, 3.8) is 0 Å². The molecule has 1 aromatic heterocycles. The number of carbonyl (C=O) groups excluding carboxylic acids is 1. The van der Waals surface area contributed by atoms with E-state index in [-0.39, 0.29) is 29.7 Å². The van der Waals surface area contributed by atoms with E-state index in [0.29, 0.717) is 12.1 Å². The highest BCUT2D eigenvalue weighted by molar-refractivity contribution is 5.78. The lowest BCUT2D eigenvalue weighted by molar-refractivity contribution is -0.121.